The van der Waals surface area contributed by atoms with Gasteiger partial charge in [0.2, 0.25) is 5.91 Å². The first-order chi connectivity index (χ1) is 10.9. The molecular formula is C17H29N3O3. The molecule has 2 atom stereocenters. The first-order valence-corrected chi connectivity index (χ1v) is 8.75. The summed E-state index contributed by atoms with van der Waals surface area (Å²) in [5, 5.41) is 6.32. The van der Waals surface area contributed by atoms with E-state index in [0.29, 0.717) is 18.5 Å². The Morgan fingerprint density at radius 1 is 1.30 bits per heavy atom. The number of amides is 1. The number of esters is 1. The zero-order valence-electron chi connectivity index (χ0n) is 14.5. The van der Waals surface area contributed by atoms with Gasteiger partial charge < -0.3 is 15.4 Å². The van der Waals surface area contributed by atoms with Gasteiger partial charge in [0.05, 0.1) is 12.5 Å². The summed E-state index contributed by atoms with van der Waals surface area (Å²) < 4.78 is 4.81. The van der Waals surface area contributed by atoms with Crippen LogP contribution in [-0.4, -0.2) is 61.6 Å². The van der Waals surface area contributed by atoms with Gasteiger partial charge in [0, 0.05) is 38.1 Å². The van der Waals surface area contributed by atoms with Gasteiger partial charge in [0.25, 0.3) is 0 Å². The number of fused-ring (bicyclic) bond motifs is 1. The number of hydrogen-bond acceptors (Lipinski definition) is 5. The van der Waals surface area contributed by atoms with Gasteiger partial charge in [0.15, 0.2) is 0 Å². The van der Waals surface area contributed by atoms with Gasteiger partial charge >= 0.3 is 5.97 Å². The van der Waals surface area contributed by atoms with E-state index in [4.69, 9.17) is 4.74 Å². The zero-order chi connectivity index (χ0) is 16.7. The number of carbonyl (C=O) groups is 2. The van der Waals surface area contributed by atoms with Crippen molar-refractivity contribution in [3.05, 3.63) is 0 Å². The number of rotatable bonds is 4. The van der Waals surface area contributed by atoms with Crippen LogP contribution in [0.4, 0.5) is 0 Å². The van der Waals surface area contributed by atoms with Gasteiger partial charge in [-0.25, -0.2) is 4.79 Å². The highest BCUT2D eigenvalue weighted by molar-refractivity contribution is 5.91. The molecule has 2 aliphatic heterocycles. The fourth-order valence-electron chi connectivity index (χ4n) is 4.54. The Bertz CT molecular complexity index is 487. The number of ether oxygens (including phenoxy) is 1. The second-order valence-corrected chi connectivity index (χ2v) is 7.92. The monoisotopic (exact) mass is 323 g/mol. The van der Waals surface area contributed by atoms with Crippen molar-refractivity contribution in [2.24, 2.45) is 11.3 Å². The van der Waals surface area contributed by atoms with E-state index in [1.54, 1.807) is 13.8 Å². The molecule has 23 heavy (non-hydrogen) atoms. The van der Waals surface area contributed by atoms with Crippen molar-refractivity contribution < 1.29 is 14.3 Å². The molecule has 3 fully saturated rings. The molecule has 0 spiro atoms. The maximum atomic E-state index is 13.1. The topological polar surface area (TPSA) is 70.7 Å². The standard InChI is InChI=1S/C17H29N3O3/c1-16(2,15(22)23-3)19-14(21)17-10-18-8-12(17)9-20(11-17)13-6-4-5-7-13/h12-13,18H,4-11H2,1-3H3,(H,19,21)/t12-,17-/m1/s1. The molecule has 2 saturated heterocycles. The summed E-state index contributed by atoms with van der Waals surface area (Å²) in [5.41, 5.74) is -1.40. The third-order valence-corrected chi connectivity index (χ3v) is 5.97. The smallest absolute Gasteiger partial charge is 0.330 e. The minimum absolute atomic E-state index is 0.0107. The van der Waals surface area contributed by atoms with Crippen molar-refractivity contribution in [3.63, 3.8) is 0 Å². The first kappa shape index (κ1) is 16.7. The molecule has 6 heteroatoms. The van der Waals surface area contributed by atoms with Crippen molar-refractivity contribution in [1.29, 1.82) is 0 Å². The second kappa shape index (κ2) is 6.06. The highest BCUT2D eigenvalue weighted by atomic mass is 16.5. The Labute approximate surface area is 138 Å². The highest BCUT2D eigenvalue weighted by Gasteiger charge is 2.56. The van der Waals surface area contributed by atoms with Gasteiger partial charge in [-0.15, -0.1) is 0 Å². The van der Waals surface area contributed by atoms with E-state index in [1.807, 2.05) is 0 Å². The predicted octanol–water partition coefficient (Wildman–Crippen LogP) is 0.518. The minimum atomic E-state index is -0.992. The van der Waals surface area contributed by atoms with Crippen LogP contribution in [0.2, 0.25) is 0 Å². The average Bonchev–Trinajstić information content (AvgIpc) is 3.19. The second-order valence-electron chi connectivity index (χ2n) is 7.92. The van der Waals surface area contributed by atoms with Crippen LogP contribution in [0.25, 0.3) is 0 Å². The molecule has 1 aliphatic carbocycles. The van der Waals surface area contributed by atoms with E-state index in [-0.39, 0.29) is 5.91 Å². The maximum Gasteiger partial charge on any atom is 0.330 e. The lowest BCUT2D eigenvalue weighted by atomic mass is 9.79. The summed E-state index contributed by atoms with van der Waals surface area (Å²) in [5.74, 6) is -0.0876. The third-order valence-electron chi connectivity index (χ3n) is 5.97. The molecule has 0 unspecified atom stereocenters. The first-order valence-electron chi connectivity index (χ1n) is 8.75. The van der Waals surface area contributed by atoms with Crippen LogP contribution in [0, 0.1) is 11.3 Å². The van der Waals surface area contributed by atoms with E-state index in [0.717, 1.165) is 19.6 Å². The van der Waals surface area contributed by atoms with Crippen LogP contribution in [0.15, 0.2) is 0 Å². The van der Waals surface area contributed by atoms with E-state index >= 15 is 0 Å². The fourth-order valence-corrected chi connectivity index (χ4v) is 4.54. The SMILES string of the molecule is COC(=O)C(C)(C)NC(=O)[C@@]12CNC[C@@H]1CN(C1CCCC1)C2. The molecule has 0 aromatic carbocycles. The van der Waals surface area contributed by atoms with Crippen molar-refractivity contribution in [1.82, 2.24) is 15.5 Å². The normalized spacial score (nSPS) is 32.0. The largest absolute Gasteiger partial charge is 0.467 e. The Hall–Kier alpha value is -1.14. The molecule has 130 valence electrons. The van der Waals surface area contributed by atoms with Gasteiger partial charge in [-0.2, -0.15) is 0 Å². The predicted molar refractivity (Wildman–Crippen MR) is 86.9 cm³/mol. The molecule has 0 bridgehead atoms. The van der Waals surface area contributed by atoms with Gasteiger partial charge in [0.1, 0.15) is 5.54 Å². The minimum Gasteiger partial charge on any atom is -0.467 e. The number of nitrogens with zero attached hydrogens (tertiary/aromatic N) is 1. The van der Waals surface area contributed by atoms with E-state index in [2.05, 4.69) is 15.5 Å². The summed E-state index contributed by atoms with van der Waals surface area (Å²) in [7, 11) is 1.35. The lowest BCUT2D eigenvalue weighted by molar-refractivity contribution is -0.151. The Kier molecular flexibility index (Phi) is 4.40. The number of likely N-dealkylation sites (tertiary alicyclic amines) is 1. The van der Waals surface area contributed by atoms with Crippen LogP contribution in [0.5, 0.6) is 0 Å². The van der Waals surface area contributed by atoms with Crippen LogP contribution in [0.1, 0.15) is 39.5 Å². The summed E-state index contributed by atoms with van der Waals surface area (Å²) in [6, 6.07) is 0.638. The molecule has 2 heterocycles. The van der Waals surface area contributed by atoms with Crippen LogP contribution in [0.3, 0.4) is 0 Å². The highest BCUT2D eigenvalue weighted by Crippen LogP contribution is 2.42. The molecule has 3 rings (SSSR count). The van der Waals surface area contributed by atoms with Crippen molar-refractivity contribution >= 4 is 11.9 Å². The molecular weight excluding hydrogens is 294 g/mol. The number of carbonyl (C=O) groups excluding carboxylic acids is 2. The molecule has 6 nitrogen and oxygen atoms in total. The Morgan fingerprint density at radius 2 is 2.00 bits per heavy atom. The van der Waals surface area contributed by atoms with Crippen LogP contribution >= 0.6 is 0 Å². The molecule has 3 aliphatic rings. The van der Waals surface area contributed by atoms with E-state index in [9.17, 15) is 9.59 Å². The molecule has 0 aromatic rings. The molecule has 0 radical (unpaired) electrons. The lowest BCUT2D eigenvalue weighted by Gasteiger charge is -2.32. The van der Waals surface area contributed by atoms with Crippen molar-refractivity contribution in [2.75, 3.05) is 33.3 Å². The summed E-state index contributed by atoms with van der Waals surface area (Å²) >= 11 is 0. The molecule has 1 amide bonds. The lowest BCUT2D eigenvalue weighted by Crippen LogP contribution is -2.57. The van der Waals surface area contributed by atoms with Gasteiger partial charge in [-0.3, -0.25) is 9.69 Å². The van der Waals surface area contributed by atoms with Crippen molar-refractivity contribution in [2.45, 2.75) is 51.1 Å². The molecule has 0 aromatic heterocycles. The fraction of sp³-hybridized carbons (Fsp3) is 0.882. The number of hydrogen-bond donors (Lipinski definition) is 2. The summed E-state index contributed by atoms with van der Waals surface area (Å²) in [6.45, 7) is 6.78. The Balaban J connectivity index is 1.73. The molecule has 1 saturated carbocycles. The quantitative estimate of drug-likeness (QED) is 0.738. The van der Waals surface area contributed by atoms with E-state index < -0.39 is 16.9 Å². The average molecular weight is 323 g/mol. The number of nitrogens with one attached hydrogen (secondary N) is 2. The van der Waals surface area contributed by atoms with Crippen LogP contribution in [-0.2, 0) is 14.3 Å². The van der Waals surface area contributed by atoms with Gasteiger partial charge in [-0.05, 0) is 26.7 Å². The van der Waals surface area contributed by atoms with Gasteiger partial charge in [-0.1, -0.05) is 12.8 Å². The summed E-state index contributed by atoms with van der Waals surface area (Å²) in [6.07, 6.45) is 5.12. The number of methoxy groups -OCH3 is 1. The van der Waals surface area contributed by atoms with E-state index in [1.165, 1.54) is 32.8 Å². The zero-order valence-corrected chi connectivity index (χ0v) is 14.5. The van der Waals surface area contributed by atoms with Crippen molar-refractivity contribution in [3.8, 4) is 0 Å². The Morgan fingerprint density at radius 3 is 2.65 bits per heavy atom. The molecule has 2 N–H and O–H groups in total. The maximum absolute atomic E-state index is 13.1. The summed E-state index contributed by atoms with van der Waals surface area (Å²) in [4.78, 5) is 27.5. The third kappa shape index (κ3) is 2.87. The van der Waals surface area contributed by atoms with Crippen LogP contribution < -0.4 is 10.6 Å².